The largest absolute Gasteiger partial charge is 0.444 e. The minimum atomic E-state index is -0.0163. The van der Waals surface area contributed by atoms with Gasteiger partial charge in [0.2, 0.25) is 11.8 Å². The number of oxazole rings is 1. The van der Waals surface area contributed by atoms with E-state index < -0.39 is 0 Å². The Morgan fingerprint density at radius 2 is 2.00 bits per heavy atom. The molecule has 1 amide bonds. The zero-order chi connectivity index (χ0) is 16.8. The molecule has 3 aromatic rings. The van der Waals surface area contributed by atoms with E-state index in [2.05, 4.69) is 10.3 Å². The quantitative estimate of drug-likeness (QED) is 0.718. The summed E-state index contributed by atoms with van der Waals surface area (Å²) < 4.78 is 5.49. The van der Waals surface area contributed by atoms with Gasteiger partial charge in [0.1, 0.15) is 6.26 Å². The van der Waals surface area contributed by atoms with E-state index in [0.717, 1.165) is 22.5 Å². The number of aromatic nitrogens is 1. The number of nitrogens with zero attached hydrogens (tertiary/aromatic N) is 1. The number of hydrogen-bond acceptors (Lipinski definition) is 4. The number of carbonyl (C=O) groups excluding carboxylic acids is 1. The van der Waals surface area contributed by atoms with E-state index in [9.17, 15) is 4.79 Å². The van der Waals surface area contributed by atoms with E-state index >= 15 is 0 Å². The van der Waals surface area contributed by atoms with Crippen molar-refractivity contribution in [2.75, 3.05) is 11.1 Å². The summed E-state index contributed by atoms with van der Waals surface area (Å²) in [4.78, 5) is 16.4. The molecule has 0 saturated carbocycles. The lowest BCUT2D eigenvalue weighted by Gasteiger charge is -2.05. The van der Waals surface area contributed by atoms with Gasteiger partial charge in [0.05, 0.1) is 11.4 Å². The van der Waals surface area contributed by atoms with E-state index in [1.54, 1.807) is 6.26 Å². The van der Waals surface area contributed by atoms with Crippen LogP contribution >= 0.6 is 11.8 Å². The fourth-order valence-corrected chi connectivity index (χ4v) is 2.96. The molecular formula is C19H18N2O2S. The SMILES string of the molecule is Cc1cccc(NC(=O)CSCc2coc(-c3ccccc3)n2)c1. The molecule has 1 N–H and O–H groups in total. The molecule has 0 radical (unpaired) electrons. The highest BCUT2D eigenvalue weighted by atomic mass is 32.2. The van der Waals surface area contributed by atoms with E-state index in [0.29, 0.717) is 17.4 Å². The van der Waals surface area contributed by atoms with Gasteiger partial charge in [-0.3, -0.25) is 4.79 Å². The average molecular weight is 338 g/mol. The van der Waals surface area contributed by atoms with Crippen molar-refractivity contribution in [1.82, 2.24) is 4.98 Å². The zero-order valence-electron chi connectivity index (χ0n) is 13.4. The lowest BCUT2D eigenvalue weighted by atomic mass is 10.2. The average Bonchev–Trinajstić information content (AvgIpc) is 3.04. The second-order valence-corrected chi connectivity index (χ2v) is 6.41. The van der Waals surface area contributed by atoms with Gasteiger partial charge in [0.25, 0.3) is 0 Å². The molecule has 0 saturated heterocycles. The summed E-state index contributed by atoms with van der Waals surface area (Å²) in [5.74, 6) is 1.60. The van der Waals surface area contributed by atoms with Gasteiger partial charge in [-0.1, -0.05) is 30.3 Å². The second kappa shape index (κ2) is 7.84. The van der Waals surface area contributed by atoms with Crippen LogP contribution in [0.5, 0.6) is 0 Å². The number of nitrogens with one attached hydrogen (secondary N) is 1. The summed E-state index contributed by atoms with van der Waals surface area (Å²) in [6.07, 6.45) is 1.65. The van der Waals surface area contributed by atoms with E-state index in [4.69, 9.17) is 4.42 Å². The summed E-state index contributed by atoms with van der Waals surface area (Å²) in [5, 5.41) is 2.90. The summed E-state index contributed by atoms with van der Waals surface area (Å²) in [6.45, 7) is 2.00. The van der Waals surface area contributed by atoms with Gasteiger partial charge in [-0.15, -0.1) is 11.8 Å². The van der Waals surface area contributed by atoms with Gasteiger partial charge < -0.3 is 9.73 Å². The first-order valence-electron chi connectivity index (χ1n) is 7.65. The zero-order valence-corrected chi connectivity index (χ0v) is 14.2. The van der Waals surface area contributed by atoms with Crippen molar-refractivity contribution >= 4 is 23.4 Å². The molecule has 0 aliphatic heterocycles. The molecule has 0 spiro atoms. The minimum Gasteiger partial charge on any atom is -0.444 e. The topological polar surface area (TPSA) is 55.1 Å². The number of aryl methyl sites for hydroxylation is 1. The number of amides is 1. The first-order chi connectivity index (χ1) is 11.7. The van der Waals surface area contributed by atoms with Crippen LogP contribution in [-0.2, 0) is 10.5 Å². The van der Waals surface area contributed by atoms with Gasteiger partial charge in [-0.05, 0) is 36.8 Å². The number of rotatable bonds is 6. The third-order valence-corrected chi connectivity index (χ3v) is 4.32. The predicted molar refractivity (Wildman–Crippen MR) is 97.9 cm³/mol. The van der Waals surface area contributed by atoms with Crippen LogP contribution in [0.25, 0.3) is 11.5 Å². The highest BCUT2D eigenvalue weighted by Crippen LogP contribution is 2.20. The molecule has 0 aliphatic rings. The van der Waals surface area contributed by atoms with Gasteiger partial charge in [-0.2, -0.15) is 0 Å². The first-order valence-corrected chi connectivity index (χ1v) is 8.80. The third kappa shape index (κ3) is 4.49. The number of hydrogen-bond donors (Lipinski definition) is 1. The van der Waals surface area contributed by atoms with Crippen molar-refractivity contribution in [3.05, 3.63) is 72.1 Å². The number of anilines is 1. The van der Waals surface area contributed by atoms with Crippen LogP contribution in [0.2, 0.25) is 0 Å². The first kappa shape index (κ1) is 16.3. The molecule has 122 valence electrons. The summed E-state index contributed by atoms with van der Waals surface area (Å²) in [7, 11) is 0. The summed E-state index contributed by atoms with van der Waals surface area (Å²) in [5.41, 5.74) is 3.73. The Labute approximate surface area is 145 Å². The van der Waals surface area contributed by atoms with E-state index in [1.807, 2.05) is 61.5 Å². The number of thioether (sulfide) groups is 1. The summed E-state index contributed by atoms with van der Waals surface area (Å²) in [6, 6.07) is 17.5. The Hall–Kier alpha value is -2.53. The molecule has 0 fully saturated rings. The van der Waals surface area contributed by atoms with Crippen LogP contribution in [0.4, 0.5) is 5.69 Å². The van der Waals surface area contributed by atoms with Crippen LogP contribution in [0.15, 0.2) is 65.3 Å². The molecule has 1 heterocycles. The molecule has 0 unspecified atom stereocenters. The molecule has 2 aromatic carbocycles. The van der Waals surface area contributed by atoms with Crippen LogP contribution in [0.1, 0.15) is 11.3 Å². The lowest BCUT2D eigenvalue weighted by molar-refractivity contribution is -0.113. The second-order valence-electron chi connectivity index (χ2n) is 5.42. The molecule has 5 heteroatoms. The van der Waals surface area contributed by atoms with Crippen molar-refractivity contribution < 1.29 is 9.21 Å². The molecule has 1 aromatic heterocycles. The van der Waals surface area contributed by atoms with Crippen LogP contribution < -0.4 is 5.32 Å². The van der Waals surface area contributed by atoms with E-state index in [-0.39, 0.29) is 5.91 Å². The molecule has 24 heavy (non-hydrogen) atoms. The van der Waals surface area contributed by atoms with Crippen LogP contribution in [0, 0.1) is 6.92 Å². The number of carbonyl (C=O) groups is 1. The Balaban J connectivity index is 1.48. The molecule has 4 nitrogen and oxygen atoms in total. The normalized spacial score (nSPS) is 10.5. The Kier molecular flexibility index (Phi) is 5.33. The predicted octanol–water partition coefficient (Wildman–Crippen LogP) is 4.52. The summed E-state index contributed by atoms with van der Waals surface area (Å²) >= 11 is 1.51. The molecular weight excluding hydrogens is 320 g/mol. The fraction of sp³-hybridized carbons (Fsp3) is 0.158. The van der Waals surface area contributed by atoms with Crippen molar-refractivity contribution in [2.45, 2.75) is 12.7 Å². The van der Waals surface area contributed by atoms with Crippen molar-refractivity contribution in [3.63, 3.8) is 0 Å². The van der Waals surface area contributed by atoms with Crippen LogP contribution in [-0.4, -0.2) is 16.6 Å². The van der Waals surface area contributed by atoms with Crippen molar-refractivity contribution in [2.24, 2.45) is 0 Å². The minimum absolute atomic E-state index is 0.0163. The maximum absolute atomic E-state index is 12.0. The smallest absolute Gasteiger partial charge is 0.234 e. The number of benzene rings is 2. The van der Waals surface area contributed by atoms with Crippen molar-refractivity contribution in [3.8, 4) is 11.5 Å². The Bertz CT molecular complexity index is 815. The lowest BCUT2D eigenvalue weighted by Crippen LogP contribution is -2.14. The highest BCUT2D eigenvalue weighted by molar-refractivity contribution is 7.99. The van der Waals surface area contributed by atoms with E-state index in [1.165, 1.54) is 11.8 Å². The Morgan fingerprint density at radius 1 is 1.17 bits per heavy atom. The molecule has 3 rings (SSSR count). The van der Waals surface area contributed by atoms with Gasteiger partial charge >= 0.3 is 0 Å². The van der Waals surface area contributed by atoms with Crippen molar-refractivity contribution in [1.29, 1.82) is 0 Å². The molecule has 0 atom stereocenters. The molecule has 0 bridgehead atoms. The third-order valence-electron chi connectivity index (χ3n) is 3.36. The van der Waals surface area contributed by atoms with Gasteiger partial charge in [0, 0.05) is 17.0 Å². The standard InChI is InChI=1S/C19H18N2O2S/c1-14-6-5-9-16(10-14)20-18(22)13-24-12-17-11-23-19(21-17)15-7-3-2-4-8-15/h2-11H,12-13H2,1H3,(H,20,22). The van der Waals surface area contributed by atoms with Crippen LogP contribution in [0.3, 0.4) is 0 Å². The maximum Gasteiger partial charge on any atom is 0.234 e. The Morgan fingerprint density at radius 3 is 2.79 bits per heavy atom. The van der Waals surface area contributed by atoms with Gasteiger partial charge in [0.15, 0.2) is 0 Å². The monoisotopic (exact) mass is 338 g/mol. The highest BCUT2D eigenvalue weighted by Gasteiger charge is 2.08. The van der Waals surface area contributed by atoms with Gasteiger partial charge in [-0.25, -0.2) is 4.98 Å². The molecule has 0 aliphatic carbocycles. The maximum atomic E-state index is 12.0. The fourth-order valence-electron chi connectivity index (χ4n) is 2.25.